The molecule has 0 aliphatic carbocycles. The van der Waals surface area contributed by atoms with E-state index < -0.39 is 5.56 Å². The van der Waals surface area contributed by atoms with Gasteiger partial charge in [-0.2, -0.15) is 14.9 Å². The quantitative estimate of drug-likeness (QED) is 0.462. The van der Waals surface area contributed by atoms with Gasteiger partial charge in [-0.05, 0) is 51.4 Å². The Labute approximate surface area is 168 Å². The van der Waals surface area contributed by atoms with Crippen LogP contribution in [0.2, 0.25) is 0 Å². The lowest BCUT2D eigenvalue weighted by Crippen LogP contribution is -2.18. The minimum Gasteiger partial charge on any atom is -0.493 e. The summed E-state index contributed by atoms with van der Waals surface area (Å²) < 4.78 is 13.2. The van der Waals surface area contributed by atoms with Gasteiger partial charge in [-0.3, -0.25) is 9.89 Å². The van der Waals surface area contributed by atoms with Crippen LogP contribution in [0.4, 0.5) is 0 Å². The van der Waals surface area contributed by atoms with Crippen LogP contribution < -0.4 is 15.0 Å². The number of halogens is 1. The van der Waals surface area contributed by atoms with Gasteiger partial charge in [-0.1, -0.05) is 30.3 Å². The Hall–Kier alpha value is -2.78. The fraction of sp³-hybridized carbons (Fsp3) is 0.111. The number of rotatable bonds is 6. The molecule has 3 rings (SSSR count). The summed E-state index contributed by atoms with van der Waals surface area (Å²) in [5.74, 6) is 1.12. The molecule has 9 heteroatoms. The van der Waals surface area contributed by atoms with E-state index in [4.69, 9.17) is 21.7 Å². The lowest BCUT2D eigenvalue weighted by Gasteiger charge is -2.13. The fourth-order valence-corrected chi connectivity index (χ4v) is 3.03. The molecule has 0 bridgehead atoms. The maximum absolute atomic E-state index is 11.8. The average Bonchev–Trinajstić information content (AvgIpc) is 2.67. The molecule has 0 atom stereocenters. The Morgan fingerprint density at radius 3 is 2.81 bits per heavy atom. The summed E-state index contributed by atoms with van der Waals surface area (Å²) in [4.78, 5) is 11.8. The number of aromatic amines is 1. The van der Waals surface area contributed by atoms with Gasteiger partial charge < -0.3 is 9.47 Å². The highest BCUT2D eigenvalue weighted by Crippen LogP contribution is 2.36. The Morgan fingerprint density at radius 2 is 2.11 bits per heavy atom. The van der Waals surface area contributed by atoms with E-state index >= 15 is 0 Å². The number of hydrogen-bond donors (Lipinski definition) is 1. The summed E-state index contributed by atoms with van der Waals surface area (Å²) in [6.07, 6.45) is 2.60. The van der Waals surface area contributed by atoms with Gasteiger partial charge in [0.2, 0.25) is 4.77 Å². The fourth-order valence-electron chi connectivity index (χ4n) is 2.26. The summed E-state index contributed by atoms with van der Waals surface area (Å²) in [5.41, 5.74) is 1.32. The van der Waals surface area contributed by atoms with Crippen molar-refractivity contribution in [2.24, 2.45) is 5.10 Å². The molecule has 1 N–H and O–H groups in total. The third-order valence-electron chi connectivity index (χ3n) is 3.54. The van der Waals surface area contributed by atoms with Crippen LogP contribution in [-0.2, 0) is 6.61 Å². The predicted molar refractivity (Wildman–Crippen MR) is 108 cm³/mol. The number of ether oxygens (including phenoxy) is 2. The minimum absolute atomic E-state index is 0.104. The Balaban J connectivity index is 1.86. The molecule has 138 valence electrons. The second-order valence-corrected chi connectivity index (χ2v) is 6.62. The van der Waals surface area contributed by atoms with Crippen LogP contribution in [0, 0.1) is 4.77 Å². The molecule has 0 amide bonds. The van der Waals surface area contributed by atoms with Crippen LogP contribution in [0.25, 0.3) is 0 Å². The molecule has 3 aromatic rings. The largest absolute Gasteiger partial charge is 0.493 e. The van der Waals surface area contributed by atoms with Crippen molar-refractivity contribution < 1.29 is 9.47 Å². The molecule has 0 unspecified atom stereocenters. The van der Waals surface area contributed by atoms with E-state index in [2.05, 4.69) is 31.2 Å². The Bertz CT molecular complexity index is 1050. The van der Waals surface area contributed by atoms with Gasteiger partial charge in [0.05, 0.1) is 17.8 Å². The van der Waals surface area contributed by atoms with Crippen LogP contribution >= 0.6 is 28.1 Å². The molecule has 7 nitrogen and oxygen atoms in total. The second-order valence-electron chi connectivity index (χ2n) is 5.38. The van der Waals surface area contributed by atoms with Crippen molar-refractivity contribution in [2.45, 2.75) is 6.61 Å². The number of hydrogen-bond acceptors (Lipinski definition) is 6. The molecule has 0 saturated carbocycles. The first-order valence-electron chi connectivity index (χ1n) is 7.84. The SMILES string of the molecule is COc1cc(/C=N\n2c(=O)cn[nH]c2=S)cc(Br)c1OCc1ccccc1. The third-order valence-corrected chi connectivity index (χ3v) is 4.39. The van der Waals surface area contributed by atoms with Gasteiger partial charge in [0.15, 0.2) is 11.5 Å². The highest BCUT2D eigenvalue weighted by atomic mass is 79.9. The van der Waals surface area contributed by atoms with Crippen molar-refractivity contribution in [3.63, 3.8) is 0 Å². The molecule has 0 aliphatic heterocycles. The normalized spacial score (nSPS) is 10.9. The molecule has 1 aromatic heterocycles. The molecular weight excluding hydrogens is 432 g/mol. The number of nitrogens with one attached hydrogen (secondary N) is 1. The molecule has 0 saturated heterocycles. The van der Waals surface area contributed by atoms with Crippen molar-refractivity contribution in [3.05, 3.63) is 79.4 Å². The van der Waals surface area contributed by atoms with E-state index in [0.717, 1.165) is 16.4 Å². The van der Waals surface area contributed by atoms with Crippen molar-refractivity contribution >= 4 is 34.4 Å². The lowest BCUT2D eigenvalue weighted by atomic mass is 10.2. The molecule has 0 aliphatic rings. The average molecular weight is 447 g/mol. The first-order chi connectivity index (χ1) is 13.1. The maximum atomic E-state index is 11.8. The third kappa shape index (κ3) is 4.69. The molecule has 0 radical (unpaired) electrons. The van der Waals surface area contributed by atoms with Crippen molar-refractivity contribution in [1.29, 1.82) is 0 Å². The van der Waals surface area contributed by atoms with E-state index in [1.54, 1.807) is 13.2 Å². The van der Waals surface area contributed by atoms with Crippen LogP contribution in [-0.4, -0.2) is 28.2 Å². The monoisotopic (exact) mass is 446 g/mol. The second kappa shape index (κ2) is 8.74. The highest BCUT2D eigenvalue weighted by Gasteiger charge is 2.11. The van der Waals surface area contributed by atoms with Crippen LogP contribution in [0.3, 0.4) is 0 Å². The van der Waals surface area contributed by atoms with Gasteiger partial charge in [0.25, 0.3) is 5.56 Å². The number of aromatic nitrogens is 3. The Morgan fingerprint density at radius 1 is 1.33 bits per heavy atom. The van der Waals surface area contributed by atoms with E-state index in [-0.39, 0.29) is 4.77 Å². The van der Waals surface area contributed by atoms with Crippen LogP contribution in [0.1, 0.15) is 11.1 Å². The standard InChI is InChI=1S/C18H15BrN4O3S/c1-25-15-8-13(9-21-23-16(24)10-20-22-18(23)27)7-14(19)17(15)26-11-12-5-3-2-4-6-12/h2-10H,11H2,1H3,(H,22,27)/b21-9-. The zero-order chi connectivity index (χ0) is 19.2. The molecule has 0 fully saturated rings. The van der Waals surface area contributed by atoms with Gasteiger partial charge >= 0.3 is 0 Å². The maximum Gasteiger partial charge on any atom is 0.293 e. The van der Waals surface area contributed by atoms with Crippen molar-refractivity contribution in [1.82, 2.24) is 14.9 Å². The Kier molecular flexibility index (Phi) is 6.15. The van der Waals surface area contributed by atoms with Crippen LogP contribution in [0.5, 0.6) is 11.5 Å². The number of H-pyrrole nitrogens is 1. The molecule has 2 aromatic carbocycles. The lowest BCUT2D eigenvalue weighted by molar-refractivity contribution is 0.282. The summed E-state index contributed by atoms with van der Waals surface area (Å²) >= 11 is 8.50. The van der Waals surface area contributed by atoms with E-state index in [1.807, 2.05) is 36.4 Å². The first kappa shape index (κ1) is 19.0. The number of benzene rings is 2. The van der Waals surface area contributed by atoms with E-state index in [0.29, 0.717) is 28.1 Å². The molecular formula is C18H15BrN4O3S. The molecule has 27 heavy (non-hydrogen) atoms. The minimum atomic E-state index is -0.427. The summed E-state index contributed by atoms with van der Waals surface area (Å²) in [6.45, 7) is 0.408. The topological polar surface area (TPSA) is 81.5 Å². The number of nitrogens with zero attached hydrogens (tertiary/aromatic N) is 3. The van der Waals surface area contributed by atoms with E-state index in [9.17, 15) is 4.79 Å². The zero-order valence-corrected chi connectivity index (χ0v) is 16.7. The van der Waals surface area contributed by atoms with Crippen molar-refractivity contribution in [3.8, 4) is 11.5 Å². The molecule has 0 spiro atoms. The van der Waals surface area contributed by atoms with Gasteiger partial charge in [0, 0.05) is 0 Å². The summed E-state index contributed by atoms with van der Waals surface area (Å²) in [5, 5.41) is 10.2. The smallest absolute Gasteiger partial charge is 0.293 e. The van der Waals surface area contributed by atoms with Gasteiger partial charge in [0.1, 0.15) is 12.8 Å². The zero-order valence-electron chi connectivity index (χ0n) is 14.3. The highest BCUT2D eigenvalue weighted by molar-refractivity contribution is 9.10. The number of methoxy groups -OCH3 is 1. The van der Waals surface area contributed by atoms with Gasteiger partial charge in [-0.25, -0.2) is 0 Å². The summed E-state index contributed by atoms with van der Waals surface area (Å²) in [7, 11) is 1.56. The van der Waals surface area contributed by atoms with Crippen molar-refractivity contribution in [2.75, 3.05) is 7.11 Å². The molecule has 1 heterocycles. The van der Waals surface area contributed by atoms with Gasteiger partial charge in [-0.15, -0.1) is 0 Å². The summed E-state index contributed by atoms with van der Waals surface area (Å²) in [6, 6.07) is 13.4. The van der Waals surface area contributed by atoms with E-state index in [1.165, 1.54) is 6.21 Å². The predicted octanol–water partition coefficient (Wildman–Crippen LogP) is 3.53. The van der Waals surface area contributed by atoms with Crippen LogP contribution in [0.15, 0.2) is 63.0 Å². The first-order valence-corrected chi connectivity index (χ1v) is 9.04.